The van der Waals surface area contributed by atoms with E-state index in [1.54, 1.807) is 18.3 Å². The fourth-order valence-electron chi connectivity index (χ4n) is 1.02. The molecule has 2 rings (SSSR count). The minimum absolute atomic E-state index is 0.107. The number of hydrogen-bond donors (Lipinski definition) is 2. The van der Waals surface area contributed by atoms with Crippen LogP contribution in [0.15, 0.2) is 24.5 Å². The van der Waals surface area contributed by atoms with Gasteiger partial charge in [-0.2, -0.15) is 0 Å². The Morgan fingerprint density at radius 1 is 1.54 bits per heavy atom. The van der Waals surface area contributed by atoms with Crippen LogP contribution < -0.4 is 0 Å². The number of rotatable bonds is 2. The van der Waals surface area contributed by atoms with Crippen molar-refractivity contribution in [1.82, 2.24) is 15.0 Å². The highest BCUT2D eigenvalue weighted by Gasteiger charge is 2.11. The molecule has 0 fully saturated rings. The molecule has 0 radical (unpaired) electrons. The molecule has 0 aliphatic heterocycles. The zero-order chi connectivity index (χ0) is 9.26. The van der Waals surface area contributed by atoms with Gasteiger partial charge in [0.2, 0.25) is 5.82 Å². The number of nitrogens with one attached hydrogen (secondary N) is 2. The Balaban J connectivity index is 2.39. The third-order valence-electron chi connectivity index (χ3n) is 1.61. The van der Waals surface area contributed by atoms with E-state index in [1.165, 1.54) is 6.20 Å². The molecule has 6 heteroatoms. The second-order valence-electron chi connectivity index (χ2n) is 2.46. The molecule has 2 N–H and O–H groups in total. The van der Waals surface area contributed by atoms with Gasteiger partial charge < -0.3 is 15.1 Å². The van der Waals surface area contributed by atoms with Crippen molar-refractivity contribution < 1.29 is 4.92 Å². The van der Waals surface area contributed by atoms with Crippen molar-refractivity contribution in [1.29, 1.82) is 0 Å². The van der Waals surface area contributed by atoms with E-state index < -0.39 is 4.92 Å². The maximum atomic E-state index is 10.3. The Kier molecular flexibility index (Phi) is 1.59. The summed E-state index contributed by atoms with van der Waals surface area (Å²) in [5.41, 5.74) is 0.730. The van der Waals surface area contributed by atoms with E-state index in [9.17, 15) is 10.1 Å². The fraction of sp³-hybridized carbons (Fsp3) is 0. The molecule has 6 nitrogen and oxygen atoms in total. The van der Waals surface area contributed by atoms with Crippen molar-refractivity contribution in [2.45, 2.75) is 0 Å². The summed E-state index contributed by atoms with van der Waals surface area (Å²) in [4.78, 5) is 19.1. The van der Waals surface area contributed by atoms with Gasteiger partial charge in [-0.3, -0.25) is 0 Å². The minimum Gasteiger partial charge on any atom is -0.358 e. The van der Waals surface area contributed by atoms with Gasteiger partial charge in [0.1, 0.15) is 11.9 Å². The molecule has 0 saturated carbocycles. The lowest BCUT2D eigenvalue weighted by Gasteiger charge is -1.86. The Morgan fingerprint density at radius 2 is 2.38 bits per heavy atom. The summed E-state index contributed by atoms with van der Waals surface area (Å²) >= 11 is 0. The quantitative estimate of drug-likeness (QED) is 0.536. The summed E-state index contributed by atoms with van der Waals surface area (Å²) in [6.45, 7) is 0. The van der Waals surface area contributed by atoms with Crippen LogP contribution in [0, 0.1) is 10.1 Å². The lowest BCUT2D eigenvalue weighted by atomic mass is 10.4. The van der Waals surface area contributed by atoms with Crippen LogP contribution in [0.3, 0.4) is 0 Å². The van der Waals surface area contributed by atoms with Gasteiger partial charge >= 0.3 is 5.82 Å². The van der Waals surface area contributed by atoms with Gasteiger partial charge in [-0.1, -0.05) is 0 Å². The summed E-state index contributed by atoms with van der Waals surface area (Å²) in [7, 11) is 0. The smallest absolute Gasteiger partial charge is 0.340 e. The van der Waals surface area contributed by atoms with Crippen molar-refractivity contribution in [3.8, 4) is 11.5 Å². The first-order valence-electron chi connectivity index (χ1n) is 3.60. The largest absolute Gasteiger partial charge is 0.358 e. The van der Waals surface area contributed by atoms with Gasteiger partial charge in [-0.05, 0) is 17.1 Å². The molecule has 2 aromatic heterocycles. The highest BCUT2D eigenvalue weighted by Crippen LogP contribution is 2.15. The molecule has 0 bridgehead atoms. The molecule has 0 saturated heterocycles. The molecule has 0 aromatic carbocycles. The molecule has 13 heavy (non-hydrogen) atoms. The van der Waals surface area contributed by atoms with Crippen molar-refractivity contribution in [2.75, 3.05) is 0 Å². The molecule has 0 aliphatic carbocycles. The Hall–Kier alpha value is -2.11. The molecule has 66 valence electrons. The van der Waals surface area contributed by atoms with Crippen LogP contribution in [-0.2, 0) is 0 Å². The van der Waals surface area contributed by atoms with Crippen molar-refractivity contribution >= 4 is 5.82 Å². The van der Waals surface area contributed by atoms with Crippen LogP contribution in [-0.4, -0.2) is 19.9 Å². The number of aromatic nitrogens is 3. The first-order valence-corrected chi connectivity index (χ1v) is 3.60. The maximum Gasteiger partial charge on any atom is 0.340 e. The number of nitrogens with zero attached hydrogens (tertiary/aromatic N) is 2. The van der Waals surface area contributed by atoms with Gasteiger partial charge in [0.15, 0.2) is 0 Å². The first-order chi connectivity index (χ1) is 6.27. The zero-order valence-electron chi connectivity index (χ0n) is 6.52. The first kappa shape index (κ1) is 7.53. The molecule has 0 aliphatic rings. The van der Waals surface area contributed by atoms with E-state index >= 15 is 0 Å². The summed E-state index contributed by atoms with van der Waals surface area (Å²) in [6.07, 6.45) is 2.92. The van der Waals surface area contributed by atoms with Crippen LogP contribution in [0.4, 0.5) is 5.82 Å². The normalized spacial score (nSPS) is 10.2. The molecule has 0 amide bonds. The molecular weight excluding hydrogens is 172 g/mol. The Bertz CT molecular complexity index is 417. The lowest BCUT2D eigenvalue weighted by Crippen LogP contribution is -1.87. The van der Waals surface area contributed by atoms with Gasteiger partial charge in [0, 0.05) is 6.20 Å². The minimum atomic E-state index is -0.514. The monoisotopic (exact) mass is 178 g/mol. The van der Waals surface area contributed by atoms with E-state index in [0.717, 1.165) is 5.69 Å². The van der Waals surface area contributed by atoms with Crippen LogP contribution in [0.5, 0.6) is 0 Å². The summed E-state index contributed by atoms with van der Waals surface area (Å²) in [6, 6.07) is 3.58. The average Bonchev–Trinajstić information content (AvgIpc) is 2.75. The number of imidazole rings is 1. The Morgan fingerprint density at radius 3 is 2.92 bits per heavy atom. The van der Waals surface area contributed by atoms with Gasteiger partial charge in [-0.25, -0.2) is 9.97 Å². The van der Waals surface area contributed by atoms with E-state index in [1.807, 2.05) is 0 Å². The topological polar surface area (TPSA) is 87.6 Å². The second-order valence-corrected chi connectivity index (χ2v) is 2.46. The highest BCUT2D eigenvalue weighted by molar-refractivity contribution is 5.50. The summed E-state index contributed by atoms with van der Waals surface area (Å²) in [5, 5.41) is 10.3. The Labute approximate surface area is 72.8 Å². The average molecular weight is 178 g/mol. The number of hydrogen-bond acceptors (Lipinski definition) is 3. The fourth-order valence-corrected chi connectivity index (χ4v) is 1.02. The third-order valence-corrected chi connectivity index (χ3v) is 1.61. The SMILES string of the molecule is O=[N+]([O-])c1cnc(-c2ccc[nH]2)[nH]1. The van der Waals surface area contributed by atoms with Crippen LogP contribution in [0.1, 0.15) is 0 Å². The van der Waals surface area contributed by atoms with Crippen LogP contribution in [0.25, 0.3) is 11.5 Å². The predicted molar refractivity (Wildman–Crippen MR) is 45.0 cm³/mol. The molecular formula is C7H6N4O2. The summed E-state index contributed by atoms with van der Waals surface area (Å²) < 4.78 is 0. The molecule has 2 heterocycles. The van der Waals surface area contributed by atoms with E-state index in [2.05, 4.69) is 15.0 Å². The van der Waals surface area contributed by atoms with Crippen molar-refractivity contribution in [3.63, 3.8) is 0 Å². The highest BCUT2D eigenvalue weighted by atomic mass is 16.6. The standard InChI is InChI=1S/C7H6N4O2/c12-11(13)6-4-9-7(10-6)5-2-1-3-8-5/h1-4,8H,(H,9,10). The second kappa shape index (κ2) is 2.74. The molecule has 0 unspecified atom stereocenters. The van der Waals surface area contributed by atoms with E-state index in [0.29, 0.717) is 5.82 Å². The zero-order valence-corrected chi connectivity index (χ0v) is 6.52. The molecule has 0 atom stereocenters. The van der Waals surface area contributed by atoms with Gasteiger partial charge in [-0.15, -0.1) is 0 Å². The van der Waals surface area contributed by atoms with Crippen molar-refractivity contribution in [2.24, 2.45) is 0 Å². The lowest BCUT2D eigenvalue weighted by molar-refractivity contribution is -0.389. The van der Waals surface area contributed by atoms with Gasteiger partial charge in [0.25, 0.3) is 0 Å². The van der Waals surface area contributed by atoms with Gasteiger partial charge in [0.05, 0.1) is 0 Å². The molecule has 0 spiro atoms. The van der Waals surface area contributed by atoms with Crippen molar-refractivity contribution in [3.05, 3.63) is 34.6 Å². The third kappa shape index (κ3) is 1.28. The van der Waals surface area contributed by atoms with Crippen LogP contribution in [0.2, 0.25) is 0 Å². The number of nitro groups is 1. The number of H-pyrrole nitrogens is 2. The molecule has 2 aromatic rings. The summed E-state index contributed by atoms with van der Waals surface area (Å²) in [5.74, 6) is 0.362. The van der Waals surface area contributed by atoms with E-state index in [4.69, 9.17) is 0 Å². The predicted octanol–water partition coefficient (Wildman–Crippen LogP) is 1.31. The number of aromatic amines is 2. The maximum absolute atomic E-state index is 10.3. The van der Waals surface area contributed by atoms with Crippen LogP contribution >= 0.6 is 0 Å². The van der Waals surface area contributed by atoms with E-state index in [-0.39, 0.29) is 5.82 Å².